The number of halogens is 4. The molecule has 0 spiro atoms. The first-order valence-electron chi connectivity index (χ1n) is 4.94. The zero-order chi connectivity index (χ0) is 13.3. The van der Waals surface area contributed by atoms with Gasteiger partial charge in [0.15, 0.2) is 0 Å². The molecule has 1 heterocycles. The Balaban J connectivity index is 2.46. The Morgan fingerprint density at radius 2 is 2.17 bits per heavy atom. The van der Waals surface area contributed by atoms with Gasteiger partial charge in [-0.1, -0.05) is 0 Å². The minimum absolute atomic E-state index is 0.350. The van der Waals surface area contributed by atoms with Gasteiger partial charge in [-0.3, -0.25) is 0 Å². The minimum atomic E-state index is -0.362. The summed E-state index contributed by atoms with van der Waals surface area (Å²) in [6, 6.07) is 5.02. The molecule has 0 saturated carbocycles. The maximum atomic E-state index is 13.4. The largest absolute Gasteiger partial charge is 0.496 e. The molecule has 1 atom stereocenters. The molecule has 18 heavy (non-hydrogen) atoms. The monoisotopic (exact) mass is 460 g/mol. The molecule has 2 aromatic rings. The zero-order valence-electron chi connectivity index (χ0n) is 9.22. The molecule has 1 aromatic heterocycles. The number of hydrogen-bond acceptors (Lipinski definition) is 2. The van der Waals surface area contributed by atoms with Crippen LogP contribution in [0.5, 0.6) is 5.75 Å². The number of methoxy groups -OCH3 is 1. The molecule has 0 aliphatic rings. The standard InChI is InChI=1S/C12H8BrClFIOS/c1-17-10-4-9(15)8(13)3-7(10)12(14)6-2-11(16)18-5-6/h2-5,12H,1H3. The molecule has 0 fully saturated rings. The fraction of sp³-hybridized carbons (Fsp3) is 0.167. The SMILES string of the molecule is COc1cc(F)c(Br)cc1C(Cl)c1csc(I)c1. The molecule has 0 N–H and O–H groups in total. The summed E-state index contributed by atoms with van der Waals surface area (Å²) in [5.74, 6) is 0.0938. The predicted octanol–water partition coefficient (Wildman–Crippen LogP) is 5.59. The number of ether oxygens (including phenoxy) is 1. The highest BCUT2D eigenvalue weighted by Gasteiger charge is 2.19. The van der Waals surface area contributed by atoms with Gasteiger partial charge >= 0.3 is 0 Å². The van der Waals surface area contributed by atoms with Crippen LogP contribution >= 0.6 is 61.5 Å². The fourth-order valence-electron chi connectivity index (χ4n) is 1.55. The summed E-state index contributed by atoms with van der Waals surface area (Å²) >= 11 is 13.5. The highest BCUT2D eigenvalue weighted by molar-refractivity contribution is 14.1. The molecule has 2 rings (SSSR count). The maximum absolute atomic E-state index is 13.4. The van der Waals surface area contributed by atoms with E-state index in [9.17, 15) is 4.39 Å². The van der Waals surface area contributed by atoms with Crippen LogP contribution in [0.3, 0.4) is 0 Å². The van der Waals surface area contributed by atoms with Gasteiger partial charge in [0.1, 0.15) is 11.6 Å². The number of alkyl halides is 1. The Hall–Kier alpha value is 0.150. The number of rotatable bonds is 3. The molecule has 6 heteroatoms. The van der Waals surface area contributed by atoms with E-state index in [-0.39, 0.29) is 11.2 Å². The summed E-state index contributed by atoms with van der Waals surface area (Å²) in [5, 5.41) is 1.65. The molecule has 0 amide bonds. The lowest BCUT2D eigenvalue weighted by atomic mass is 10.1. The lowest BCUT2D eigenvalue weighted by Gasteiger charge is -2.14. The van der Waals surface area contributed by atoms with E-state index in [1.54, 1.807) is 17.4 Å². The molecule has 1 unspecified atom stereocenters. The topological polar surface area (TPSA) is 9.23 Å². The molecule has 1 aromatic carbocycles. The van der Waals surface area contributed by atoms with Gasteiger partial charge in [0.2, 0.25) is 0 Å². The Morgan fingerprint density at radius 3 is 2.72 bits per heavy atom. The van der Waals surface area contributed by atoms with Crippen molar-refractivity contribution in [1.29, 1.82) is 0 Å². The Bertz CT molecular complexity index is 575. The lowest BCUT2D eigenvalue weighted by Crippen LogP contribution is -1.98. The maximum Gasteiger partial charge on any atom is 0.141 e. The van der Waals surface area contributed by atoms with Crippen LogP contribution in [-0.4, -0.2) is 7.11 Å². The van der Waals surface area contributed by atoms with Gasteiger partial charge in [-0.15, -0.1) is 22.9 Å². The van der Waals surface area contributed by atoms with E-state index < -0.39 is 0 Å². The van der Waals surface area contributed by atoms with E-state index in [2.05, 4.69) is 38.5 Å². The van der Waals surface area contributed by atoms with E-state index in [1.165, 1.54) is 13.2 Å². The second-order valence-electron chi connectivity index (χ2n) is 3.55. The smallest absolute Gasteiger partial charge is 0.141 e. The third-order valence-electron chi connectivity index (χ3n) is 2.43. The van der Waals surface area contributed by atoms with Crippen molar-refractivity contribution in [2.45, 2.75) is 5.38 Å². The fourth-order valence-corrected chi connectivity index (χ4v) is 3.68. The molecule has 96 valence electrons. The van der Waals surface area contributed by atoms with Crippen molar-refractivity contribution < 1.29 is 9.13 Å². The summed E-state index contributed by atoms with van der Waals surface area (Å²) in [6.07, 6.45) is 0. The third kappa shape index (κ3) is 3.00. The van der Waals surface area contributed by atoms with E-state index in [0.717, 1.165) is 14.0 Å². The van der Waals surface area contributed by atoms with Gasteiger partial charge in [-0.25, -0.2) is 4.39 Å². The Kier molecular flexibility index (Phi) is 4.91. The van der Waals surface area contributed by atoms with Gasteiger partial charge in [0.05, 0.1) is 19.8 Å². The summed E-state index contributed by atoms with van der Waals surface area (Å²) in [6.45, 7) is 0. The van der Waals surface area contributed by atoms with Crippen molar-refractivity contribution >= 4 is 61.5 Å². The van der Waals surface area contributed by atoms with Crippen molar-refractivity contribution in [3.05, 3.63) is 47.9 Å². The van der Waals surface area contributed by atoms with Gasteiger partial charge < -0.3 is 4.74 Å². The van der Waals surface area contributed by atoms with Crippen LogP contribution in [0.15, 0.2) is 28.1 Å². The molecule has 0 aliphatic heterocycles. The molecule has 1 nitrogen and oxygen atoms in total. The molecule has 0 aliphatic carbocycles. The molecular weight excluding hydrogens is 453 g/mol. The summed E-state index contributed by atoms with van der Waals surface area (Å²) < 4.78 is 20.2. The second-order valence-corrected chi connectivity index (χ2v) is 7.65. The van der Waals surface area contributed by atoms with E-state index in [1.807, 2.05) is 11.4 Å². The van der Waals surface area contributed by atoms with E-state index in [4.69, 9.17) is 16.3 Å². The average Bonchev–Trinajstić information content (AvgIpc) is 2.78. The highest BCUT2D eigenvalue weighted by Crippen LogP contribution is 2.39. The molecule has 0 saturated heterocycles. The highest BCUT2D eigenvalue weighted by atomic mass is 127. The minimum Gasteiger partial charge on any atom is -0.496 e. The predicted molar refractivity (Wildman–Crippen MR) is 85.4 cm³/mol. The Labute approximate surface area is 136 Å². The van der Waals surface area contributed by atoms with Crippen LogP contribution in [-0.2, 0) is 0 Å². The van der Waals surface area contributed by atoms with Crippen molar-refractivity contribution in [3.63, 3.8) is 0 Å². The molecule has 0 radical (unpaired) electrons. The van der Waals surface area contributed by atoms with Crippen molar-refractivity contribution in [2.24, 2.45) is 0 Å². The molecule has 0 bridgehead atoms. The van der Waals surface area contributed by atoms with Gasteiger partial charge in [0.25, 0.3) is 0 Å². The van der Waals surface area contributed by atoms with E-state index in [0.29, 0.717) is 10.2 Å². The first kappa shape index (κ1) is 14.6. The van der Waals surface area contributed by atoms with Crippen LogP contribution in [0.4, 0.5) is 4.39 Å². The number of benzene rings is 1. The van der Waals surface area contributed by atoms with Crippen LogP contribution in [0.25, 0.3) is 0 Å². The third-order valence-corrected chi connectivity index (χ3v) is 5.33. The average molecular weight is 462 g/mol. The summed E-state index contributed by atoms with van der Waals surface area (Å²) in [5.41, 5.74) is 1.74. The van der Waals surface area contributed by atoms with Gasteiger partial charge in [0, 0.05) is 11.6 Å². The van der Waals surface area contributed by atoms with Gasteiger partial charge in [-0.05, 0) is 61.6 Å². The van der Waals surface area contributed by atoms with Crippen LogP contribution in [0, 0.1) is 8.70 Å². The lowest BCUT2D eigenvalue weighted by molar-refractivity contribution is 0.406. The molecular formula is C12H8BrClFIOS. The van der Waals surface area contributed by atoms with Crippen molar-refractivity contribution in [1.82, 2.24) is 0 Å². The quantitative estimate of drug-likeness (QED) is 0.428. The van der Waals surface area contributed by atoms with Crippen LogP contribution in [0.1, 0.15) is 16.5 Å². The van der Waals surface area contributed by atoms with Crippen LogP contribution in [0.2, 0.25) is 0 Å². The summed E-state index contributed by atoms with van der Waals surface area (Å²) in [7, 11) is 1.51. The normalized spacial score (nSPS) is 12.5. The first-order valence-corrected chi connectivity index (χ1v) is 8.12. The second kappa shape index (κ2) is 6.07. The van der Waals surface area contributed by atoms with Crippen LogP contribution < -0.4 is 4.74 Å². The Morgan fingerprint density at radius 1 is 1.44 bits per heavy atom. The van der Waals surface area contributed by atoms with Gasteiger partial charge in [-0.2, -0.15) is 0 Å². The number of hydrogen-bond donors (Lipinski definition) is 0. The van der Waals surface area contributed by atoms with Crippen molar-refractivity contribution in [3.8, 4) is 5.75 Å². The summed E-state index contributed by atoms with van der Waals surface area (Å²) in [4.78, 5) is 0. The van der Waals surface area contributed by atoms with Crippen molar-refractivity contribution in [2.75, 3.05) is 7.11 Å². The first-order chi connectivity index (χ1) is 8.52. The number of thiophene rings is 1. The van der Waals surface area contributed by atoms with E-state index >= 15 is 0 Å². The zero-order valence-corrected chi connectivity index (χ0v) is 14.5.